The van der Waals surface area contributed by atoms with Gasteiger partial charge in [-0.15, -0.1) is 0 Å². The highest BCUT2D eigenvalue weighted by Gasteiger charge is 2.27. The second-order valence-corrected chi connectivity index (χ2v) is 5.57. The van der Waals surface area contributed by atoms with Crippen LogP contribution in [0.5, 0.6) is 5.75 Å². The van der Waals surface area contributed by atoms with Gasteiger partial charge in [0, 0.05) is 11.5 Å². The Labute approximate surface area is 112 Å². The summed E-state index contributed by atoms with van der Waals surface area (Å²) >= 11 is 0. The van der Waals surface area contributed by atoms with E-state index in [0.717, 1.165) is 35.7 Å². The zero-order valence-corrected chi connectivity index (χ0v) is 11.3. The molecule has 1 aromatic heterocycles. The number of aromatic nitrogens is 2. The summed E-state index contributed by atoms with van der Waals surface area (Å²) in [6, 6.07) is 5.42. The lowest BCUT2D eigenvalue weighted by Crippen LogP contribution is -1.96. The van der Waals surface area contributed by atoms with Crippen LogP contribution in [0.25, 0.3) is 11.5 Å². The van der Waals surface area contributed by atoms with Gasteiger partial charge in [-0.2, -0.15) is 4.98 Å². The van der Waals surface area contributed by atoms with Gasteiger partial charge >= 0.3 is 0 Å². The van der Waals surface area contributed by atoms with Gasteiger partial charge in [0.05, 0.1) is 0 Å². The molecule has 1 aliphatic rings. The lowest BCUT2D eigenvalue weighted by atomic mass is 10.1. The number of aryl methyl sites for hydroxylation is 1. The van der Waals surface area contributed by atoms with Crippen molar-refractivity contribution in [2.45, 2.75) is 39.0 Å². The topological polar surface area (TPSA) is 59.2 Å². The summed E-state index contributed by atoms with van der Waals surface area (Å²) < 4.78 is 5.32. The fourth-order valence-electron chi connectivity index (χ4n) is 2.70. The van der Waals surface area contributed by atoms with E-state index in [9.17, 15) is 5.11 Å². The van der Waals surface area contributed by atoms with Gasteiger partial charge in [0.1, 0.15) is 5.75 Å². The predicted octanol–water partition coefficient (Wildman–Crippen LogP) is 3.65. The maximum absolute atomic E-state index is 9.72. The molecule has 0 spiro atoms. The van der Waals surface area contributed by atoms with Crippen LogP contribution in [0.2, 0.25) is 0 Å². The van der Waals surface area contributed by atoms with Gasteiger partial charge < -0.3 is 9.63 Å². The maximum Gasteiger partial charge on any atom is 0.258 e. The van der Waals surface area contributed by atoms with Crippen LogP contribution in [-0.2, 0) is 0 Å². The molecule has 1 N–H and O–H groups in total. The summed E-state index contributed by atoms with van der Waals surface area (Å²) in [7, 11) is 0. The second-order valence-electron chi connectivity index (χ2n) is 5.57. The molecule has 100 valence electrons. The third-order valence-electron chi connectivity index (χ3n) is 3.96. The van der Waals surface area contributed by atoms with Crippen LogP contribution in [0.3, 0.4) is 0 Å². The average Bonchev–Trinajstić information content (AvgIpc) is 3.01. The highest BCUT2D eigenvalue weighted by atomic mass is 16.5. The van der Waals surface area contributed by atoms with E-state index in [1.54, 1.807) is 6.07 Å². The first-order valence-electron chi connectivity index (χ1n) is 6.77. The molecule has 2 unspecified atom stereocenters. The molecule has 1 saturated carbocycles. The zero-order valence-electron chi connectivity index (χ0n) is 11.3. The van der Waals surface area contributed by atoms with E-state index in [1.807, 2.05) is 19.1 Å². The van der Waals surface area contributed by atoms with Gasteiger partial charge in [-0.05, 0) is 49.8 Å². The van der Waals surface area contributed by atoms with Crippen molar-refractivity contribution in [2.75, 3.05) is 0 Å². The third kappa shape index (κ3) is 2.35. The maximum atomic E-state index is 9.72. The van der Waals surface area contributed by atoms with Crippen molar-refractivity contribution in [3.05, 3.63) is 29.6 Å². The number of hydrogen-bond donors (Lipinski definition) is 1. The van der Waals surface area contributed by atoms with Gasteiger partial charge in [0.15, 0.2) is 5.82 Å². The van der Waals surface area contributed by atoms with Crippen LogP contribution in [-0.4, -0.2) is 15.2 Å². The second kappa shape index (κ2) is 4.68. The first-order valence-corrected chi connectivity index (χ1v) is 6.77. The smallest absolute Gasteiger partial charge is 0.258 e. The van der Waals surface area contributed by atoms with Crippen LogP contribution in [0.15, 0.2) is 22.7 Å². The molecular formula is C15H18N2O2. The molecule has 1 heterocycles. The minimum Gasteiger partial charge on any atom is -0.508 e. The first kappa shape index (κ1) is 12.2. The number of aromatic hydroxyl groups is 1. The van der Waals surface area contributed by atoms with E-state index >= 15 is 0 Å². The van der Waals surface area contributed by atoms with Crippen molar-refractivity contribution in [3.63, 3.8) is 0 Å². The predicted molar refractivity (Wildman–Crippen MR) is 71.9 cm³/mol. The number of benzene rings is 1. The summed E-state index contributed by atoms with van der Waals surface area (Å²) in [6.45, 7) is 4.12. The molecule has 19 heavy (non-hydrogen) atoms. The monoisotopic (exact) mass is 258 g/mol. The van der Waals surface area contributed by atoms with E-state index in [1.165, 1.54) is 6.42 Å². The van der Waals surface area contributed by atoms with Crippen molar-refractivity contribution in [1.29, 1.82) is 0 Å². The number of rotatable bonds is 2. The molecule has 0 amide bonds. The average molecular weight is 258 g/mol. The first-order chi connectivity index (χ1) is 9.13. The Morgan fingerprint density at radius 2 is 2.16 bits per heavy atom. The Bertz CT molecular complexity index is 592. The number of nitrogens with zero attached hydrogens (tertiary/aromatic N) is 2. The lowest BCUT2D eigenvalue weighted by molar-refractivity contribution is 0.414. The number of hydrogen-bond acceptors (Lipinski definition) is 4. The fraction of sp³-hybridized carbons (Fsp3) is 0.467. The van der Waals surface area contributed by atoms with Crippen LogP contribution in [0.4, 0.5) is 0 Å². The quantitative estimate of drug-likeness (QED) is 0.893. The van der Waals surface area contributed by atoms with Gasteiger partial charge in [-0.1, -0.05) is 18.1 Å². The molecule has 4 heteroatoms. The Kier molecular flexibility index (Phi) is 3.01. The molecule has 0 saturated heterocycles. The molecule has 2 atom stereocenters. The van der Waals surface area contributed by atoms with Gasteiger partial charge in [-0.25, -0.2) is 0 Å². The Balaban J connectivity index is 1.86. The largest absolute Gasteiger partial charge is 0.508 e. The summed E-state index contributed by atoms with van der Waals surface area (Å²) in [5.74, 6) is 2.72. The third-order valence-corrected chi connectivity index (χ3v) is 3.96. The van der Waals surface area contributed by atoms with E-state index in [4.69, 9.17) is 4.52 Å². The summed E-state index contributed by atoms with van der Waals surface area (Å²) in [5, 5.41) is 13.8. The van der Waals surface area contributed by atoms with Crippen LogP contribution in [0, 0.1) is 12.8 Å². The number of phenolic OH excluding ortho intramolecular Hbond substituents is 1. The lowest BCUT2D eigenvalue weighted by Gasteiger charge is -2.02. The van der Waals surface area contributed by atoms with Crippen LogP contribution in [0.1, 0.15) is 43.5 Å². The summed E-state index contributed by atoms with van der Waals surface area (Å²) in [4.78, 5) is 4.48. The van der Waals surface area contributed by atoms with Crippen molar-refractivity contribution in [2.24, 2.45) is 5.92 Å². The molecule has 4 nitrogen and oxygen atoms in total. The van der Waals surface area contributed by atoms with E-state index in [2.05, 4.69) is 17.1 Å². The minimum absolute atomic E-state index is 0.256. The Morgan fingerprint density at radius 1 is 1.32 bits per heavy atom. The van der Waals surface area contributed by atoms with Crippen molar-refractivity contribution in [1.82, 2.24) is 10.1 Å². The van der Waals surface area contributed by atoms with Gasteiger partial charge in [0.2, 0.25) is 0 Å². The standard InChI is InChI=1S/C15H18N2O2/c1-9-3-5-11(7-9)14-16-15(19-17-14)12-6-4-10(2)13(18)8-12/h4,6,8-9,11,18H,3,5,7H2,1-2H3. The molecule has 0 aliphatic heterocycles. The van der Waals surface area contributed by atoms with Crippen molar-refractivity contribution in [3.8, 4) is 17.2 Å². The zero-order chi connectivity index (χ0) is 13.4. The molecule has 1 aliphatic carbocycles. The highest BCUT2D eigenvalue weighted by Crippen LogP contribution is 2.37. The molecular weight excluding hydrogens is 240 g/mol. The summed E-state index contributed by atoms with van der Waals surface area (Å²) in [5.41, 5.74) is 1.61. The fourth-order valence-corrected chi connectivity index (χ4v) is 2.70. The van der Waals surface area contributed by atoms with Gasteiger partial charge in [-0.3, -0.25) is 0 Å². The normalized spacial score (nSPS) is 22.8. The van der Waals surface area contributed by atoms with E-state index < -0.39 is 0 Å². The SMILES string of the molecule is Cc1ccc(-c2nc(C3CCC(C)C3)no2)cc1O. The highest BCUT2D eigenvalue weighted by molar-refractivity contribution is 5.57. The summed E-state index contributed by atoms with van der Waals surface area (Å²) in [6.07, 6.45) is 3.51. The van der Waals surface area contributed by atoms with Crippen LogP contribution < -0.4 is 0 Å². The van der Waals surface area contributed by atoms with E-state index in [-0.39, 0.29) is 5.75 Å². The Hall–Kier alpha value is -1.84. The Morgan fingerprint density at radius 3 is 2.84 bits per heavy atom. The van der Waals surface area contributed by atoms with Crippen molar-refractivity contribution >= 4 is 0 Å². The van der Waals surface area contributed by atoms with Crippen LogP contribution >= 0.6 is 0 Å². The molecule has 1 aromatic carbocycles. The molecule has 0 bridgehead atoms. The number of phenols is 1. The molecule has 3 rings (SSSR count). The molecule has 0 radical (unpaired) electrons. The van der Waals surface area contributed by atoms with E-state index in [0.29, 0.717) is 11.8 Å². The van der Waals surface area contributed by atoms with Gasteiger partial charge in [0.25, 0.3) is 5.89 Å². The minimum atomic E-state index is 0.256. The van der Waals surface area contributed by atoms with Crippen molar-refractivity contribution < 1.29 is 9.63 Å². The molecule has 1 fully saturated rings. The molecule has 2 aromatic rings.